The third-order valence-electron chi connectivity index (χ3n) is 3.29. The quantitative estimate of drug-likeness (QED) is 0.793. The number of hydrogen-bond donors (Lipinski definition) is 2. The fourth-order valence-corrected chi connectivity index (χ4v) is 2.67. The summed E-state index contributed by atoms with van der Waals surface area (Å²) in [6.45, 7) is 0.423. The topological polar surface area (TPSA) is 55.1 Å². The van der Waals surface area contributed by atoms with Gasteiger partial charge in [0, 0.05) is 17.5 Å². The molecule has 0 heterocycles. The zero-order valence-electron chi connectivity index (χ0n) is 11.3. The van der Waals surface area contributed by atoms with E-state index in [-0.39, 0.29) is 17.7 Å². The van der Waals surface area contributed by atoms with E-state index >= 15 is 0 Å². The zero-order chi connectivity index (χ0) is 15.5. The van der Waals surface area contributed by atoms with Crippen LogP contribution in [-0.2, 0) is 11.0 Å². The van der Waals surface area contributed by atoms with Crippen LogP contribution in [0, 0.1) is 5.92 Å². The van der Waals surface area contributed by atoms with Gasteiger partial charge in [-0.25, -0.2) is 0 Å². The molecule has 1 aliphatic carbocycles. The van der Waals surface area contributed by atoms with Crippen LogP contribution in [0.5, 0.6) is 0 Å². The van der Waals surface area contributed by atoms with Gasteiger partial charge in [-0.3, -0.25) is 4.79 Å². The monoisotopic (exact) mass is 318 g/mol. The number of nitrogens with two attached hydrogens (primary N) is 1. The second-order valence-electron chi connectivity index (χ2n) is 5.12. The Morgan fingerprint density at radius 1 is 1.43 bits per heavy atom. The van der Waals surface area contributed by atoms with Crippen LogP contribution in [0.4, 0.5) is 13.2 Å². The largest absolute Gasteiger partial charge is 0.416 e. The van der Waals surface area contributed by atoms with Crippen LogP contribution in [0.15, 0.2) is 29.2 Å². The molecule has 0 radical (unpaired) electrons. The third kappa shape index (κ3) is 5.24. The molecule has 1 fully saturated rings. The van der Waals surface area contributed by atoms with Gasteiger partial charge in [0.05, 0.1) is 11.3 Å². The summed E-state index contributed by atoms with van der Waals surface area (Å²) in [5.74, 6) is 0.369. The first kappa shape index (κ1) is 16.2. The molecule has 1 aromatic carbocycles. The van der Waals surface area contributed by atoms with Crippen molar-refractivity contribution < 1.29 is 18.0 Å². The molecule has 116 valence electrons. The number of alkyl halides is 3. The summed E-state index contributed by atoms with van der Waals surface area (Å²) in [4.78, 5) is 12.1. The molecule has 1 saturated carbocycles. The highest BCUT2D eigenvalue weighted by Gasteiger charge is 2.30. The van der Waals surface area contributed by atoms with Gasteiger partial charge in [-0.05, 0) is 37.0 Å². The van der Waals surface area contributed by atoms with Gasteiger partial charge in [-0.2, -0.15) is 13.2 Å². The molecule has 2 rings (SSSR count). The van der Waals surface area contributed by atoms with Crippen molar-refractivity contribution in [2.75, 3.05) is 12.3 Å². The molecule has 3 nitrogen and oxygen atoms in total. The normalized spacial score (nSPS) is 16.6. The number of benzene rings is 1. The predicted molar refractivity (Wildman–Crippen MR) is 75.9 cm³/mol. The summed E-state index contributed by atoms with van der Waals surface area (Å²) in [6.07, 6.45) is -2.15. The number of amides is 1. The van der Waals surface area contributed by atoms with Gasteiger partial charge < -0.3 is 11.1 Å². The Kier molecular flexibility index (Phi) is 5.16. The fourth-order valence-electron chi connectivity index (χ4n) is 1.88. The predicted octanol–water partition coefficient (Wildman–Crippen LogP) is 2.65. The Morgan fingerprint density at radius 2 is 2.14 bits per heavy atom. The van der Waals surface area contributed by atoms with Crippen LogP contribution in [0.25, 0.3) is 0 Å². The van der Waals surface area contributed by atoms with Crippen molar-refractivity contribution in [3.63, 3.8) is 0 Å². The van der Waals surface area contributed by atoms with E-state index in [9.17, 15) is 18.0 Å². The van der Waals surface area contributed by atoms with E-state index < -0.39 is 11.7 Å². The van der Waals surface area contributed by atoms with E-state index in [1.165, 1.54) is 6.07 Å². The van der Waals surface area contributed by atoms with Crippen LogP contribution < -0.4 is 11.1 Å². The molecule has 0 bridgehead atoms. The summed E-state index contributed by atoms with van der Waals surface area (Å²) in [7, 11) is 0. The minimum atomic E-state index is -4.37. The van der Waals surface area contributed by atoms with E-state index in [0.29, 0.717) is 17.4 Å². The Balaban J connectivity index is 1.78. The molecule has 21 heavy (non-hydrogen) atoms. The molecule has 1 unspecified atom stereocenters. The van der Waals surface area contributed by atoms with Crippen molar-refractivity contribution in [3.8, 4) is 0 Å². The molecule has 1 atom stereocenters. The number of carbonyl (C=O) groups is 1. The molecular formula is C14H17F3N2OS. The molecule has 0 saturated heterocycles. The maximum Gasteiger partial charge on any atom is 0.416 e. The molecular weight excluding hydrogens is 301 g/mol. The van der Waals surface area contributed by atoms with Gasteiger partial charge in [0.1, 0.15) is 0 Å². The summed E-state index contributed by atoms with van der Waals surface area (Å²) in [6, 6.07) is 4.94. The fraction of sp³-hybridized carbons (Fsp3) is 0.500. The Morgan fingerprint density at radius 3 is 2.76 bits per heavy atom. The first-order valence-electron chi connectivity index (χ1n) is 6.68. The van der Waals surface area contributed by atoms with Crippen LogP contribution in [0.2, 0.25) is 0 Å². The number of rotatable bonds is 6. The van der Waals surface area contributed by atoms with Crippen LogP contribution in [-0.4, -0.2) is 24.2 Å². The zero-order valence-corrected chi connectivity index (χ0v) is 12.1. The lowest BCUT2D eigenvalue weighted by molar-refractivity contribution is -0.137. The molecule has 0 aromatic heterocycles. The third-order valence-corrected chi connectivity index (χ3v) is 4.29. The van der Waals surface area contributed by atoms with Crippen molar-refractivity contribution in [1.82, 2.24) is 5.32 Å². The van der Waals surface area contributed by atoms with Crippen LogP contribution >= 0.6 is 11.8 Å². The minimum Gasteiger partial charge on any atom is -0.354 e. The molecule has 0 spiro atoms. The van der Waals surface area contributed by atoms with E-state index in [1.54, 1.807) is 6.07 Å². The molecule has 1 aromatic rings. The van der Waals surface area contributed by atoms with Gasteiger partial charge in [0.2, 0.25) is 5.91 Å². The Labute approximate surface area is 125 Å². The number of halogens is 3. The maximum absolute atomic E-state index is 12.6. The second-order valence-corrected chi connectivity index (χ2v) is 6.17. The highest BCUT2D eigenvalue weighted by molar-refractivity contribution is 8.00. The Hall–Kier alpha value is -1.21. The van der Waals surface area contributed by atoms with Crippen molar-refractivity contribution in [3.05, 3.63) is 29.8 Å². The van der Waals surface area contributed by atoms with Crippen molar-refractivity contribution >= 4 is 17.7 Å². The van der Waals surface area contributed by atoms with Gasteiger partial charge in [-0.15, -0.1) is 11.8 Å². The summed E-state index contributed by atoms with van der Waals surface area (Å²) < 4.78 is 37.7. The van der Waals surface area contributed by atoms with Gasteiger partial charge in [0.15, 0.2) is 0 Å². The van der Waals surface area contributed by atoms with E-state index in [2.05, 4.69) is 5.32 Å². The van der Waals surface area contributed by atoms with E-state index in [4.69, 9.17) is 5.73 Å². The van der Waals surface area contributed by atoms with Crippen LogP contribution in [0.3, 0.4) is 0 Å². The lowest BCUT2D eigenvalue weighted by Crippen LogP contribution is -2.39. The van der Waals surface area contributed by atoms with Crippen molar-refractivity contribution in [2.24, 2.45) is 11.7 Å². The highest BCUT2D eigenvalue weighted by Crippen LogP contribution is 2.32. The minimum absolute atomic E-state index is 0.0208. The van der Waals surface area contributed by atoms with Crippen molar-refractivity contribution in [2.45, 2.75) is 30.0 Å². The lowest BCUT2D eigenvalue weighted by Gasteiger charge is -2.12. The standard InChI is InChI=1S/C14H17F3N2OS/c15-14(16,17)10-2-1-3-11(6-10)21-8-13(20)19-7-12(18)9-4-5-9/h1-3,6,9,12H,4-5,7-8,18H2,(H,19,20). The second kappa shape index (κ2) is 6.70. The SMILES string of the molecule is NC(CNC(=O)CSc1cccc(C(F)(F)F)c1)C1CC1. The number of carbonyl (C=O) groups excluding carboxylic acids is 1. The first-order valence-corrected chi connectivity index (χ1v) is 7.67. The first-order chi connectivity index (χ1) is 9.86. The van der Waals surface area contributed by atoms with Gasteiger partial charge in [-0.1, -0.05) is 6.07 Å². The van der Waals surface area contributed by atoms with Crippen molar-refractivity contribution in [1.29, 1.82) is 0 Å². The number of thioether (sulfide) groups is 1. The highest BCUT2D eigenvalue weighted by atomic mass is 32.2. The molecule has 1 aliphatic rings. The smallest absolute Gasteiger partial charge is 0.354 e. The summed E-state index contributed by atoms with van der Waals surface area (Å²) in [5, 5.41) is 2.71. The summed E-state index contributed by atoms with van der Waals surface area (Å²) in [5.41, 5.74) is 5.15. The maximum atomic E-state index is 12.6. The van der Waals surface area contributed by atoms with E-state index in [1.807, 2.05) is 0 Å². The Bertz CT molecular complexity index is 503. The molecule has 0 aliphatic heterocycles. The average Bonchev–Trinajstić information content (AvgIpc) is 3.26. The van der Waals surface area contributed by atoms with Crippen LogP contribution in [0.1, 0.15) is 18.4 Å². The lowest BCUT2D eigenvalue weighted by atomic mass is 10.2. The molecule has 7 heteroatoms. The van der Waals surface area contributed by atoms with Gasteiger partial charge in [0.25, 0.3) is 0 Å². The molecule has 1 amide bonds. The number of hydrogen-bond acceptors (Lipinski definition) is 3. The number of nitrogens with one attached hydrogen (secondary N) is 1. The summed E-state index contributed by atoms with van der Waals surface area (Å²) >= 11 is 1.08. The van der Waals surface area contributed by atoms with E-state index in [0.717, 1.165) is 36.7 Å². The average molecular weight is 318 g/mol. The van der Waals surface area contributed by atoms with Gasteiger partial charge >= 0.3 is 6.18 Å². The molecule has 3 N–H and O–H groups in total.